The molecule has 2 rings (SSSR count). The van der Waals surface area contributed by atoms with Gasteiger partial charge in [-0.25, -0.2) is 5.43 Å². The fraction of sp³-hybridized carbons (Fsp3) is 0.455. The van der Waals surface area contributed by atoms with Crippen LogP contribution in [0.5, 0.6) is 0 Å². The topological polar surface area (TPSA) is 54.6 Å². The van der Waals surface area contributed by atoms with Gasteiger partial charge in [-0.1, -0.05) is 31.9 Å². The van der Waals surface area contributed by atoms with Crippen molar-refractivity contribution < 1.29 is 9.21 Å². The van der Waals surface area contributed by atoms with Crippen molar-refractivity contribution in [2.24, 2.45) is 10.5 Å². The molecule has 1 aromatic heterocycles. The quantitative estimate of drug-likeness (QED) is 0.510. The van der Waals surface area contributed by atoms with Crippen LogP contribution in [0.25, 0.3) is 0 Å². The molecule has 1 N–H and O–H groups in total. The Balaban J connectivity index is 1.91. The number of hydrogen-bond acceptors (Lipinski definition) is 3. The number of nitrogens with zero attached hydrogens (tertiary/aromatic N) is 1. The summed E-state index contributed by atoms with van der Waals surface area (Å²) in [6.45, 7) is 3.73. The maximum absolute atomic E-state index is 11.8. The average molecular weight is 364 g/mol. The van der Waals surface area contributed by atoms with Crippen molar-refractivity contribution >= 4 is 44.0 Å². The van der Waals surface area contributed by atoms with E-state index in [2.05, 4.69) is 42.4 Å². The molecule has 1 heterocycles. The summed E-state index contributed by atoms with van der Waals surface area (Å²) < 4.78 is 4.99. The normalized spacial score (nSPS) is 26.1. The van der Waals surface area contributed by atoms with Crippen molar-refractivity contribution in [2.45, 2.75) is 23.5 Å². The number of amides is 1. The lowest BCUT2D eigenvalue weighted by Crippen LogP contribution is -2.29. The van der Waals surface area contributed by atoms with E-state index in [1.807, 2.05) is 19.9 Å². The third-order valence-corrected chi connectivity index (χ3v) is 5.19. The number of nitrogens with one attached hydrogen (secondary N) is 1. The van der Waals surface area contributed by atoms with Crippen molar-refractivity contribution in [2.75, 3.05) is 0 Å². The highest BCUT2D eigenvalue weighted by atomic mass is 79.9. The fourth-order valence-corrected chi connectivity index (χ4v) is 2.93. The number of aryl methyl sites for hydroxylation is 1. The van der Waals surface area contributed by atoms with Gasteiger partial charge in [-0.15, -0.1) is 0 Å². The van der Waals surface area contributed by atoms with Gasteiger partial charge in [-0.05, 0) is 32.4 Å². The molecule has 17 heavy (non-hydrogen) atoms. The number of halogens is 2. The Labute approximate surface area is 116 Å². The number of alkyl halides is 2. The Bertz CT molecular complexity index is 482. The molecule has 1 aliphatic rings. The molecule has 0 aromatic carbocycles. The van der Waals surface area contributed by atoms with Crippen molar-refractivity contribution in [3.63, 3.8) is 0 Å². The first-order chi connectivity index (χ1) is 7.85. The van der Waals surface area contributed by atoms with Gasteiger partial charge in [0, 0.05) is 0 Å². The second-order valence-electron chi connectivity index (χ2n) is 4.36. The van der Waals surface area contributed by atoms with Crippen LogP contribution in [0.4, 0.5) is 0 Å². The van der Waals surface area contributed by atoms with Gasteiger partial charge in [-0.2, -0.15) is 5.10 Å². The van der Waals surface area contributed by atoms with Gasteiger partial charge >= 0.3 is 0 Å². The van der Waals surface area contributed by atoms with Crippen LogP contribution < -0.4 is 5.43 Å². The molecule has 0 saturated heterocycles. The van der Waals surface area contributed by atoms with Crippen LogP contribution in [0, 0.1) is 12.3 Å². The molecule has 0 unspecified atom stereocenters. The first-order valence-electron chi connectivity index (χ1n) is 5.13. The molecule has 1 aliphatic carbocycles. The molecule has 1 aromatic rings. The Kier molecular flexibility index (Phi) is 3.20. The lowest BCUT2D eigenvalue weighted by Gasteiger charge is -2.09. The summed E-state index contributed by atoms with van der Waals surface area (Å²) in [5.41, 5.74) is 2.05. The first-order valence-corrected chi connectivity index (χ1v) is 6.71. The van der Waals surface area contributed by atoms with Crippen molar-refractivity contribution in [1.82, 2.24) is 5.43 Å². The van der Waals surface area contributed by atoms with E-state index >= 15 is 0 Å². The van der Waals surface area contributed by atoms with Crippen LogP contribution in [-0.4, -0.2) is 15.4 Å². The highest BCUT2D eigenvalue weighted by Gasteiger charge is 2.66. The zero-order valence-electron chi connectivity index (χ0n) is 9.46. The lowest BCUT2D eigenvalue weighted by molar-refractivity contribution is -0.125. The number of rotatable bonds is 3. The molecule has 6 heteroatoms. The van der Waals surface area contributed by atoms with Crippen molar-refractivity contribution in [1.29, 1.82) is 0 Å². The van der Waals surface area contributed by atoms with Crippen molar-refractivity contribution in [3.8, 4) is 0 Å². The van der Waals surface area contributed by atoms with Gasteiger partial charge in [0.2, 0.25) is 5.91 Å². The molecular weight excluding hydrogens is 352 g/mol. The summed E-state index contributed by atoms with van der Waals surface area (Å²) >= 11 is 6.87. The molecule has 1 atom stereocenters. The Morgan fingerprint density at radius 2 is 2.24 bits per heavy atom. The summed E-state index contributed by atoms with van der Waals surface area (Å²) in [6.07, 6.45) is 2.22. The van der Waals surface area contributed by atoms with Crippen LogP contribution in [0.2, 0.25) is 0 Å². The zero-order valence-corrected chi connectivity index (χ0v) is 12.6. The van der Waals surface area contributed by atoms with E-state index in [1.54, 1.807) is 6.07 Å². The maximum Gasteiger partial charge on any atom is 0.248 e. The predicted octanol–water partition coefficient (Wildman–Crippen LogP) is 2.93. The molecule has 0 radical (unpaired) electrons. The third-order valence-electron chi connectivity index (χ3n) is 2.88. The number of furan rings is 1. The van der Waals surface area contributed by atoms with Crippen LogP contribution in [0.3, 0.4) is 0 Å². The first kappa shape index (κ1) is 12.8. The molecule has 0 spiro atoms. The lowest BCUT2D eigenvalue weighted by atomic mass is 10.1. The minimum atomic E-state index is -0.455. The summed E-state index contributed by atoms with van der Waals surface area (Å²) in [7, 11) is 0. The van der Waals surface area contributed by atoms with Gasteiger partial charge in [0.15, 0.2) is 0 Å². The Hall–Kier alpha value is -0.620. The molecule has 1 amide bonds. The van der Waals surface area contributed by atoms with E-state index in [9.17, 15) is 4.79 Å². The van der Waals surface area contributed by atoms with Crippen LogP contribution in [0.1, 0.15) is 24.9 Å². The molecule has 1 saturated carbocycles. The second kappa shape index (κ2) is 4.24. The average Bonchev–Trinajstić information content (AvgIpc) is 2.58. The predicted molar refractivity (Wildman–Crippen MR) is 72.5 cm³/mol. The van der Waals surface area contributed by atoms with Gasteiger partial charge in [0.1, 0.15) is 11.5 Å². The zero-order chi connectivity index (χ0) is 12.7. The Morgan fingerprint density at radius 1 is 1.59 bits per heavy atom. The fourth-order valence-electron chi connectivity index (χ4n) is 1.45. The molecular formula is C11H12Br2N2O2. The van der Waals surface area contributed by atoms with Gasteiger partial charge in [0.05, 0.1) is 14.9 Å². The number of carbonyl (C=O) groups is 1. The molecule has 0 bridgehead atoms. The maximum atomic E-state index is 11.8. The number of carbonyl (C=O) groups excluding carboxylic acids is 1. The van der Waals surface area contributed by atoms with E-state index in [0.717, 1.165) is 12.2 Å². The largest absolute Gasteiger partial charge is 0.460 e. The standard InChI is InChI=1S/C11H12Br2N2O2/c1-7-3-4-8(17-7)5-14-15-9(16)10(2)6-11(10,12)13/h3-5H,6H2,1-2H3,(H,15,16)/b14-5-/t10-/m1/s1. The SMILES string of the molecule is Cc1ccc(/C=N\NC(=O)[C@@]2(C)CC2(Br)Br)o1. The highest BCUT2D eigenvalue weighted by molar-refractivity contribution is 9.25. The van der Waals surface area contributed by atoms with Gasteiger partial charge in [0.25, 0.3) is 0 Å². The minimum absolute atomic E-state index is 0.120. The number of hydrazone groups is 1. The smallest absolute Gasteiger partial charge is 0.248 e. The summed E-state index contributed by atoms with van der Waals surface area (Å²) in [5, 5.41) is 3.87. The molecule has 1 fully saturated rings. The van der Waals surface area contributed by atoms with E-state index in [0.29, 0.717) is 5.76 Å². The summed E-state index contributed by atoms with van der Waals surface area (Å²) in [6, 6.07) is 3.64. The van der Waals surface area contributed by atoms with Gasteiger partial charge < -0.3 is 4.42 Å². The van der Waals surface area contributed by atoms with E-state index < -0.39 is 5.41 Å². The van der Waals surface area contributed by atoms with Crippen LogP contribution in [0.15, 0.2) is 21.7 Å². The van der Waals surface area contributed by atoms with E-state index in [4.69, 9.17) is 4.42 Å². The molecule has 0 aliphatic heterocycles. The Morgan fingerprint density at radius 3 is 2.71 bits per heavy atom. The van der Waals surface area contributed by atoms with Crippen LogP contribution >= 0.6 is 31.9 Å². The minimum Gasteiger partial charge on any atom is -0.460 e. The monoisotopic (exact) mass is 362 g/mol. The summed E-state index contributed by atoms with van der Waals surface area (Å²) in [4.78, 5) is 11.8. The third kappa shape index (κ3) is 2.47. The van der Waals surface area contributed by atoms with E-state index in [-0.39, 0.29) is 9.14 Å². The second-order valence-corrected chi connectivity index (χ2v) is 8.13. The van der Waals surface area contributed by atoms with Crippen LogP contribution in [-0.2, 0) is 4.79 Å². The summed E-state index contributed by atoms with van der Waals surface area (Å²) in [5.74, 6) is 1.31. The highest BCUT2D eigenvalue weighted by Crippen LogP contribution is 2.66. The van der Waals surface area contributed by atoms with Crippen molar-refractivity contribution in [3.05, 3.63) is 23.7 Å². The number of hydrogen-bond donors (Lipinski definition) is 1. The van der Waals surface area contributed by atoms with Gasteiger partial charge in [-0.3, -0.25) is 4.79 Å². The molecule has 92 valence electrons. The van der Waals surface area contributed by atoms with E-state index in [1.165, 1.54) is 6.21 Å². The molecule has 4 nitrogen and oxygen atoms in total.